The Labute approximate surface area is 138 Å². The largest absolute Gasteiger partial charge is 0.332 e. The molecule has 1 amide bonds. The molecular formula is C18H28N4O. The quantitative estimate of drug-likeness (QED) is 0.881. The average Bonchev–Trinajstić information content (AvgIpc) is 2.98. The summed E-state index contributed by atoms with van der Waals surface area (Å²) in [4.78, 5) is 15.4. The number of aromatic amines is 1. The number of amides is 1. The number of carbonyl (C=O) groups is 1. The molecule has 0 radical (unpaired) electrons. The van der Waals surface area contributed by atoms with Crippen LogP contribution in [-0.4, -0.2) is 45.7 Å². The lowest BCUT2D eigenvalue weighted by atomic mass is 9.71. The monoisotopic (exact) mass is 316 g/mol. The molecule has 3 aliphatic rings. The number of aryl methyl sites for hydroxylation is 1. The number of hydrogen-bond acceptors (Lipinski definition) is 3. The van der Waals surface area contributed by atoms with Gasteiger partial charge in [0.15, 0.2) is 5.69 Å². The van der Waals surface area contributed by atoms with E-state index >= 15 is 0 Å². The summed E-state index contributed by atoms with van der Waals surface area (Å²) in [5.74, 6) is 0.128. The van der Waals surface area contributed by atoms with E-state index in [1.807, 2.05) is 6.92 Å². The van der Waals surface area contributed by atoms with Gasteiger partial charge in [-0.15, -0.1) is 0 Å². The van der Waals surface area contributed by atoms with Crippen molar-refractivity contribution in [1.82, 2.24) is 20.4 Å². The van der Waals surface area contributed by atoms with Crippen molar-refractivity contribution in [2.45, 2.75) is 77.4 Å². The molecule has 2 aliphatic heterocycles. The summed E-state index contributed by atoms with van der Waals surface area (Å²) >= 11 is 0. The van der Waals surface area contributed by atoms with Crippen LogP contribution < -0.4 is 5.32 Å². The zero-order valence-electron chi connectivity index (χ0n) is 14.5. The molecule has 2 saturated heterocycles. The fraction of sp³-hybridized carbons (Fsp3) is 0.778. The molecule has 23 heavy (non-hydrogen) atoms. The average molecular weight is 316 g/mol. The van der Waals surface area contributed by atoms with Gasteiger partial charge in [-0.05, 0) is 32.6 Å². The van der Waals surface area contributed by atoms with Gasteiger partial charge < -0.3 is 10.2 Å². The minimum atomic E-state index is 0.128. The highest BCUT2D eigenvalue weighted by molar-refractivity contribution is 5.94. The molecule has 5 heteroatoms. The molecular weight excluding hydrogens is 288 g/mol. The Morgan fingerprint density at radius 1 is 1.39 bits per heavy atom. The number of rotatable bonds is 2. The third-order valence-electron chi connectivity index (χ3n) is 6.62. The van der Waals surface area contributed by atoms with E-state index in [4.69, 9.17) is 0 Å². The van der Waals surface area contributed by atoms with Crippen LogP contribution in [0.15, 0.2) is 0 Å². The lowest BCUT2D eigenvalue weighted by Gasteiger charge is -2.46. The number of aromatic nitrogens is 2. The van der Waals surface area contributed by atoms with Crippen molar-refractivity contribution in [1.29, 1.82) is 0 Å². The Balaban J connectivity index is 1.68. The van der Waals surface area contributed by atoms with Crippen LogP contribution in [0.4, 0.5) is 0 Å². The summed E-state index contributed by atoms with van der Waals surface area (Å²) in [5.41, 5.74) is 2.97. The second-order valence-corrected chi connectivity index (χ2v) is 7.91. The lowest BCUT2D eigenvalue weighted by molar-refractivity contribution is 0.0278. The number of hydrogen-bond donors (Lipinski definition) is 2. The van der Waals surface area contributed by atoms with Crippen LogP contribution in [0.5, 0.6) is 0 Å². The van der Waals surface area contributed by atoms with Gasteiger partial charge in [-0.3, -0.25) is 9.89 Å². The van der Waals surface area contributed by atoms with Crippen LogP contribution in [0.2, 0.25) is 0 Å². The number of likely N-dealkylation sites (tertiary alicyclic amines) is 1. The summed E-state index contributed by atoms with van der Waals surface area (Å²) in [7, 11) is 0. The van der Waals surface area contributed by atoms with E-state index in [9.17, 15) is 4.79 Å². The number of carbonyl (C=O) groups excluding carboxylic acids is 1. The molecule has 0 aromatic carbocycles. The maximum absolute atomic E-state index is 13.2. The van der Waals surface area contributed by atoms with Gasteiger partial charge in [-0.1, -0.05) is 26.7 Å². The first-order valence-electron chi connectivity index (χ1n) is 9.15. The lowest BCUT2D eigenvalue weighted by Crippen LogP contribution is -2.55. The minimum absolute atomic E-state index is 0.128. The van der Waals surface area contributed by atoms with Gasteiger partial charge in [0.05, 0.1) is 0 Å². The number of piperidine rings is 1. The van der Waals surface area contributed by atoms with E-state index in [-0.39, 0.29) is 11.3 Å². The Bertz CT molecular complexity index is 625. The molecule has 1 aromatic rings. The Kier molecular flexibility index (Phi) is 3.52. The number of nitrogens with zero attached hydrogens (tertiary/aromatic N) is 2. The number of H-pyrrole nitrogens is 1. The zero-order chi connectivity index (χ0) is 16.2. The second-order valence-electron chi connectivity index (χ2n) is 7.91. The molecule has 3 fully saturated rings. The highest BCUT2D eigenvalue weighted by Gasteiger charge is 2.56. The predicted octanol–water partition coefficient (Wildman–Crippen LogP) is 2.42. The number of fused-ring (bicyclic) bond motifs is 1. The van der Waals surface area contributed by atoms with Crippen molar-refractivity contribution in [2.75, 3.05) is 6.54 Å². The Morgan fingerprint density at radius 2 is 2.17 bits per heavy atom. The fourth-order valence-electron chi connectivity index (χ4n) is 5.34. The first kappa shape index (κ1) is 15.2. The van der Waals surface area contributed by atoms with Crippen LogP contribution in [0.25, 0.3) is 0 Å². The van der Waals surface area contributed by atoms with Gasteiger partial charge >= 0.3 is 0 Å². The molecule has 2 bridgehead atoms. The smallest absolute Gasteiger partial charge is 0.274 e. The third kappa shape index (κ3) is 2.16. The molecule has 2 N–H and O–H groups in total. The zero-order valence-corrected chi connectivity index (χ0v) is 14.5. The Morgan fingerprint density at radius 3 is 2.91 bits per heavy atom. The van der Waals surface area contributed by atoms with E-state index in [1.165, 1.54) is 25.7 Å². The molecule has 0 spiro atoms. The van der Waals surface area contributed by atoms with E-state index < -0.39 is 0 Å². The highest BCUT2D eigenvalue weighted by atomic mass is 16.2. The normalized spacial score (nSPS) is 36.1. The van der Waals surface area contributed by atoms with Crippen LogP contribution in [-0.2, 0) is 6.42 Å². The van der Waals surface area contributed by atoms with Crippen molar-refractivity contribution < 1.29 is 4.79 Å². The van der Waals surface area contributed by atoms with Crippen LogP contribution in [0.1, 0.15) is 67.7 Å². The predicted molar refractivity (Wildman–Crippen MR) is 89.4 cm³/mol. The molecule has 3 heterocycles. The standard InChI is InChI=1S/C18H28N4O/c1-4-13-11(2)16(21-20-13)17(23)22-10-12-9-18(3)14(19-12)7-5-6-8-15(18)22/h12,14-15,19H,4-10H2,1-3H3,(H,20,21)/t12-,14-,15+,18-/m0/s1. The third-order valence-corrected chi connectivity index (χ3v) is 6.62. The van der Waals surface area contributed by atoms with Crippen molar-refractivity contribution in [3.05, 3.63) is 17.0 Å². The van der Waals surface area contributed by atoms with E-state index in [2.05, 4.69) is 34.3 Å². The molecule has 1 aliphatic carbocycles. The SMILES string of the molecule is CCc1[nH]nc(C(=O)N2C[C@@H]3C[C@@]4(C)[C@H](CCCC[C@@H]24)N3)c1C. The summed E-state index contributed by atoms with van der Waals surface area (Å²) in [6.45, 7) is 7.35. The van der Waals surface area contributed by atoms with Gasteiger partial charge in [0, 0.05) is 41.3 Å². The molecule has 1 saturated carbocycles. The maximum Gasteiger partial charge on any atom is 0.274 e. The fourth-order valence-corrected chi connectivity index (χ4v) is 5.34. The summed E-state index contributed by atoms with van der Waals surface area (Å²) in [6, 6.07) is 1.38. The van der Waals surface area contributed by atoms with Crippen LogP contribution in [0.3, 0.4) is 0 Å². The Hall–Kier alpha value is -1.36. The van der Waals surface area contributed by atoms with Gasteiger partial charge in [0.2, 0.25) is 0 Å². The highest BCUT2D eigenvalue weighted by Crippen LogP contribution is 2.49. The van der Waals surface area contributed by atoms with Crippen molar-refractivity contribution >= 4 is 5.91 Å². The maximum atomic E-state index is 13.2. The van der Waals surface area contributed by atoms with Crippen LogP contribution >= 0.6 is 0 Å². The van der Waals surface area contributed by atoms with Gasteiger partial charge in [-0.2, -0.15) is 5.10 Å². The van der Waals surface area contributed by atoms with E-state index in [0.29, 0.717) is 23.8 Å². The molecule has 0 unspecified atom stereocenters. The van der Waals surface area contributed by atoms with Gasteiger partial charge in [0.1, 0.15) is 0 Å². The van der Waals surface area contributed by atoms with Crippen molar-refractivity contribution in [2.24, 2.45) is 5.41 Å². The molecule has 4 rings (SSSR count). The van der Waals surface area contributed by atoms with Gasteiger partial charge in [-0.25, -0.2) is 0 Å². The first-order valence-corrected chi connectivity index (χ1v) is 9.15. The van der Waals surface area contributed by atoms with E-state index in [0.717, 1.165) is 30.6 Å². The molecule has 4 atom stereocenters. The summed E-state index contributed by atoms with van der Waals surface area (Å²) in [6.07, 6.45) is 7.00. The molecule has 126 valence electrons. The summed E-state index contributed by atoms with van der Waals surface area (Å²) in [5, 5.41) is 11.2. The van der Waals surface area contributed by atoms with E-state index in [1.54, 1.807) is 0 Å². The first-order chi connectivity index (χ1) is 11.0. The van der Waals surface area contributed by atoms with Gasteiger partial charge in [0.25, 0.3) is 5.91 Å². The topological polar surface area (TPSA) is 61.0 Å². The second kappa shape index (κ2) is 5.33. The van der Waals surface area contributed by atoms with Crippen molar-refractivity contribution in [3.63, 3.8) is 0 Å². The number of nitrogens with one attached hydrogen (secondary N) is 2. The molecule has 1 aromatic heterocycles. The minimum Gasteiger partial charge on any atom is -0.332 e. The molecule has 5 nitrogen and oxygen atoms in total. The van der Waals surface area contributed by atoms with Crippen LogP contribution in [0, 0.1) is 12.3 Å². The van der Waals surface area contributed by atoms with Crippen molar-refractivity contribution in [3.8, 4) is 0 Å². The summed E-state index contributed by atoms with van der Waals surface area (Å²) < 4.78 is 0.